The van der Waals surface area contributed by atoms with Crippen molar-refractivity contribution >= 4 is 29.6 Å². The van der Waals surface area contributed by atoms with Gasteiger partial charge >= 0.3 is 0 Å². The zero-order valence-corrected chi connectivity index (χ0v) is 19.4. The van der Waals surface area contributed by atoms with Crippen molar-refractivity contribution in [1.29, 1.82) is 0 Å². The highest BCUT2D eigenvalue weighted by Crippen LogP contribution is 2.15. The Hall–Kier alpha value is 0.757. The average Bonchev–Trinajstić information content (AvgIpc) is 2.60. The molecule has 25 heavy (non-hydrogen) atoms. The molecule has 0 spiro atoms. The maximum atomic E-state index is 5.86. The Morgan fingerprint density at radius 1 is 0.400 bits per heavy atom. The summed E-state index contributed by atoms with van der Waals surface area (Å²) in [6, 6.07) is 1.10. The summed E-state index contributed by atoms with van der Waals surface area (Å²) in [6.07, 6.45) is 26.6. The van der Waals surface area contributed by atoms with Crippen molar-refractivity contribution < 1.29 is 0 Å². The normalized spacial score (nSPS) is 11.5. The third kappa shape index (κ3) is 24.8. The second-order valence-electron chi connectivity index (χ2n) is 7.69. The van der Waals surface area contributed by atoms with Gasteiger partial charge in [-0.2, -0.15) is 22.2 Å². The van der Waals surface area contributed by atoms with E-state index in [1.807, 2.05) is 0 Å². The summed E-state index contributed by atoms with van der Waals surface area (Å²) < 4.78 is 0. The lowest BCUT2D eigenvalue weighted by molar-refractivity contribution is 0.523. The molecule has 0 heterocycles. The van der Waals surface area contributed by atoms with Crippen LogP contribution in [0.2, 0.25) is 6.04 Å². The molecule has 2 N–H and O–H groups in total. The topological polar surface area (TPSA) is 26.0 Å². The first-order chi connectivity index (χ1) is 12.3. The van der Waals surface area contributed by atoms with E-state index in [9.17, 15) is 0 Å². The van der Waals surface area contributed by atoms with Crippen LogP contribution in [0.4, 0.5) is 0 Å². The number of rotatable bonds is 21. The molecule has 0 saturated carbocycles. The van der Waals surface area contributed by atoms with Gasteiger partial charge in [-0.05, 0) is 19.0 Å². The van der Waals surface area contributed by atoms with Crippen LogP contribution in [0.15, 0.2) is 0 Å². The lowest BCUT2D eigenvalue weighted by Gasteiger charge is -2.04. The zero-order valence-electron chi connectivity index (χ0n) is 16.8. The molecule has 0 unspecified atom stereocenters. The highest BCUT2D eigenvalue weighted by Gasteiger charge is 2.00. The van der Waals surface area contributed by atoms with Crippen molar-refractivity contribution in [3.05, 3.63) is 0 Å². The summed E-state index contributed by atoms with van der Waals surface area (Å²) in [7, 11) is -1.33. The first kappa shape index (κ1) is 25.8. The molecule has 0 fully saturated rings. The number of unbranched alkanes of at least 4 members (excludes halogenated alkanes) is 18. The number of nitrogens with two attached hydrogens (primary N) is 1. The average molecular weight is 411 g/mol. The Balaban J connectivity index is 2.96. The van der Waals surface area contributed by atoms with E-state index >= 15 is 0 Å². The standard InChI is InChI=1S/C21H45Cl2NSi/c22-25(23)21-19-17-15-13-11-9-7-5-3-1-2-4-6-8-10-12-14-16-18-20-24/h25H,1-21,24H2. The van der Waals surface area contributed by atoms with E-state index in [4.69, 9.17) is 27.9 Å². The van der Waals surface area contributed by atoms with E-state index in [0.29, 0.717) is 0 Å². The summed E-state index contributed by atoms with van der Waals surface area (Å²) in [4.78, 5) is 0. The van der Waals surface area contributed by atoms with Crippen LogP contribution in [0.1, 0.15) is 122 Å². The van der Waals surface area contributed by atoms with Crippen molar-refractivity contribution in [2.75, 3.05) is 6.54 Å². The fourth-order valence-corrected chi connectivity index (χ4v) is 4.97. The molecule has 0 aliphatic heterocycles. The molecule has 0 amide bonds. The molecule has 1 nitrogen and oxygen atoms in total. The van der Waals surface area contributed by atoms with Gasteiger partial charge in [0.15, 0.2) is 0 Å². The molecule has 0 aliphatic rings. The van der Waals surface area contributed by atoms with Gasteiger partial charge in [-0.15, -0.1) is 0 Å². The van der Waals surface area contributed by atoms with E-state index in [2.05, 4.69) is 0 Å². The van der Waals surface area contributed by atoms with Crippen LogP contribution < -0.4 is 5.73 Å². The molecule has 0 aliphatic carbocycles. The summed E-state index contributed by atoms with van der Waals surface area (Å²) in [5, 5.41) is 0. The third-order valence-electron chi connectivity index (χ3n) is 5.13. The van der Waals surface area contributed by atoms with E-state index in [1.54, 1.807) is 0 Å². The van der Waals surface area contributed by atoms with Crippen LogP contribution in [0, 0.1) is 0 Å². The van der Waals surface area contributed by atoms with Crippen molar-refractivity contribution in [3.63, 3.8) is 0 Å². The van der Waals surface area contributed by atoms with Gasteiger partial charge in [0.2, 0.25) is 7.42 Å². The molecule has 0 rings (SSSR count). The monoisotopic (exact) mass is 409 g/mol. The number of hydrogen-bond acceptors (Lipinski definition) is 1. The molecule has 0 aromatic carbocycles. The van der Waals surface area contributed by atoms with Crippen molar-refractivity contribution in [2.45, 2.75) is 128 Å². The van der Waals surface area contributed by atoms with Gasteiger partial charge in [-0.1, -0.05) is 116 Å². The van der Waals surface area contributed by atoms with Crippen LogP contribution >= 0.6 is 22.2 Å². The summed E-state index contributed by atoms with van der Waals surface area (Å²) in [5.74, 6) is 0. The van der Waals surface area contributed by atoms with Gasteiger partial charge in [0.05, 0.1) is 0 Å². The highest BCUT2D eigenvalue weighted by atomic mass is 35.7. The minimum Gasteiger partial charge on any atom is -0.330 e. The molecule has 152 valence electrons. The second-order valence-corrected chi connectivity index (χ2v) is 12.9. The Kier molecular flexibility index (Phi) is 23.5. The maximum Gasteiger partial charge on any atom is 0.237 e. The summed E-state index contributed by atoms with van der Waals surface area (Å²) in [6.45, 7) is 0.867. The highest BCUT2D eigenvalue weighted by molar-refractivity contribution is 7.33. The minimum absolute atomic E-state index is 0.867. The molecule has 0 aromatic heterocycles. The van der Waals surface area contributed by atoms with Crippen molar-refractivity contribution in [1.82, 2.24) is 0 Å². The fraction of sp³-hybridized carbons (Fsp3) is 1.00. The van der Waals surface area contributed by atoms with Crippen LogP contribution in [-0.2, 0) is 0 Å². The van der Waals surface area contributed by atoms with Crippen molar-refractivity contribution in [3.8, 4) is 0 Å². The Bertz CT molecular complexity index is 240. The van der Waals surface area contributed by atoms with Gasteiger partial charge in [-0.25, -0.2) is 0 Å². The molecule has 4 heteroatoms. The fourth-order valence-electron chi connectivity index (χ4n) is 3.45. The molecular weight excluding hydrogens is 365 g/mol. The SMILES string of the molecule is NCCCCCCCCCCCCCCCCCCCCC[SiH](Cl)Cl. The van der Waals surface area contributed by atoms with E-state index in [0.717, 1.165) is 12.6 Å². The van der Waals surface area contributed by atoms with Crippen molar-refractivity contribution in [2.24, 2.45) is 5.73 Å². The largest absolute Gasteiger partial charge is 0.330 e. The van der Waals surface area contributed by atoms with Crippen LogP contribution in [0.3, 0.4) is 0 Å². The maximum absolute atomic E-state index is 5.86. The van der Waals surface area contributed by atoms with Crippen LogP contribution in [-0.4, -0.2) is 14.0 Å². The molecule has 0 saturated heterocycles. The van der Waals surface area contributed by atoms with E-state index < -0.39 is 7.42 Å². The molecule has 0 atom stereocenters. The molecular formula is C21H45Cl2NSi. The predicted octanol–water partition coefficient (Wildman–Crippen LogP) is 8.06. The Morgan fingerprint density at radius 2 is 0.640 bits per heavy atom. The quantitative estimate of drug-likeness (QED) is 0.116. The zero-order chi connectivity index (χ0) is 18.4. The smallest absolute Gasteiger partial charge is 0.237 e. The number of halogens is 2. The predicted molar refractivity (Wildman–Crippen MR) is 120 cm³/mol. The molecule has 0 bridgehead atoms. The summed E-state index contributed by atoms with van der Waals surface area (Å²) in [5.41, 5.74) is 5.51. The molecule has 0 aromatic rings. The Labute approximate surface area is 169 Å². The second kappa shape index (κ2) is 22.8. The van der Waals surface area contributed by atoms with Gasteiger partial charge in [0.1, 0.15) is 0 Å². The molecule has 0 radical (unpaired) electrons. The minimum atomic E-state index is -1.33. The lowest BCUT2D eigenvalue weighted by Crippen LogP contribution is -1.97. The van der Waals surface area contributed by atoms with Gasteiger partial charge in [-0.3, -0.25) is 0 Å². The van der Waals surface area contributed by atoms with Gasteiger partial charge in [0.25, 0.3) is 0 Å². The van der Waals surface area contributed by atoms with E-state index in [-0.39, 0.29) is 0 Å². The summed E-state index contributed by atoms with van der Waals surface area (Å²) >= 11 is 11.7. The van der Waals surface area contributed by atoms with Crippen LogP contribution in [0.25, 0.3) is 0 Å². The lowest BCUT2D eigenvalue weighted by atomic mass is 10.0. The van der Waals surface area contributed by atoms with Gasteiger partial charge in [0, 0.05) is 0 Å². The Morgan fingerprint density at radius 3 is 0.880 bits per heavy atom. The number of hydrogen-bond donors (Lipinski definition) is 1. The van der Waals surface area contributed by atoms with Crippen LogP contribution in [0.5, 0.6) is 0 Å². The van der Waals surface area contributed by atoms with Gasteiger partial charge < -0.3 is 5.73 Å². The third-order valence-corrected chi connectivity index (χ3v) is 7.28. The first-order valence-corrected chi connectivity index (χ1v) is 15.6. The first-order valence-electron chi connectivity index (χ1n) is 11.3. The van der Waals surface area contributed by atoms with E-state index in [1.165, 1.54) is 122 Å².